The molecule has 1 atom stereocenters. The average molecular weight is 335 g/mol. The quantitative estimate of drug-likeness (QED) is 0.751. The molecule has 0 unspecified atom stereocenters. The Morgan fingerprint density at radius 1 is 0.960 bits per heavy atom. The van der Waals surface area contributed by atoms with Gasteiger partial charge in [-0.25, -0.2) is 4.39 Å². The van der Waals surface area contributed by atoms with E-state index in [2.05, 4.69) is 10.3 Å². The summed E-state index contributed by atoms with van der Waals surface area (Å²) >= 11 is 0. The molecule has 3 aromatic rings. The lowest BCUT2D eigenvalue weighted by atomic mass is 10.1. The fourth-order valence-corrected chi connectivity index (χ4v) is 2.49. The topological polar surface area (TPSA) is 68.0 Å². The Morgan fingerprint density at radius 2 is 1.56 bits per heavy atom. The van der Waals surface area contributed by atoms with Gasteiger partial charge in [0, 0.05) is 18.1 Å². The number of benzene rings is 2. The second-order valence-electron chi connectivity index (χ2n) is 5.74. The van der Waals surface area contributed by atoms with E-state index in [1.54, 1.807) is 24.5 Å². The molecule has 4 nitrogen and oxygen atoms in total. The van der Waals surface area contributed by atoms with Crippen LogP contribution >= 0.6 is 0 Å². The van der Waals surface area contributed by atoms with Gasteiger partial charge in [0.1, 0.15) is 5.82 Å². The molecule has 0 aliphatic carbocycles. The standard InChI is InChI=1S/C20H18FN3O/c21-17-5-1-14(2-6-17)13-19(22)20(25)24-18-7-3-15(4-8-18)16-9-11-23-12-10-16/h1-12,19H,13,22H2,(H,24,25)/t19-/m0/s1. The second kappa shape index (κ2) is 7.68. The number of halogens is 1. The van der Waals surface area contributed by atoms with Crippen molar-refractivity contribution < 1.29 is 9.18 Å². The molecule has 0 bridgehead atoms. The third-order valence-corrected chi connectivity index (χ3v) is 3.87. The van der Waals surface area contributed by atoms with Crippen molar-refractivity contribution in [3.05, 3.63) is 84.4 Å². The predicted molar refractivity (Wildman–Crippen MR) is 96.4 cm³/mol. The van der Waals surface area contributed by atoms with Gasteiger partial charge in [0.2, 0.25) is 5.91 Å². The van der Waals surface area contributed by atoms with Crippen molar-refractivity contribution in [3.63, 3.8) is 0 Å². The summed E-state index contributed by atoms with van der Waals surface area (Å²) in [4.78, 5) is 16.2. The van der Waals surface area contributed by atoms with Crippen LogP contribution in [0.25, 0.3) is 11.1 Å². The Bertz CT molecular complexity index is 833. The number of nitrogens with one attached hydrogen (secondary N) is 1. The first-order valence-corrected chi connectivity index (χ1v) is 7.93. The number of amides is 1. The van der Waals surface area contributed by atoms with Gasteiger partial charge in [-0.05, 0) is 59.5 Å². The minimum Gasteiger partial charge on any atom is -0.325 e. The van der Waals surface area contributed by atoms with Crippen LogP contribution in [-0.4, -0.2) is 16.9 Å². The van der Waals surface area contributed by atoms with E-state index in [-0.39, 0.29) is 11.7 Å². The van der Waals surface area contributed by atoms with Gasteiger partial charge in [-0.2, -0.15) is 0 Å². The lowest BCUT2D eigenvalue weighted by Crippen LogP contribution is -2.37. The summed E-state index contributed by atoms with van der Waals surface area (Å²) in [6, 6.07) is 16.6. The number of nitrogens with zero attached hydrogens (tertiary/aromatic N) is 1. The number of nitrogens with two attached hydrogens (primary N) is 1. The maximum atomic E-state index is 12.9. The molecule has 3 N–H and O–H groups in total. The van der Waals surface area contributed by atoms with E-state index < -0.39 is 6.04 Å². The number of anilines is 1. The molecule has 1 amide bonds. The van der Waals surface area contributed by atoms with E-state index in [1.807, 2.05) is 36.4 Å². The van der Waals surface area contributed by atoms with Crippen molar-refractivity contribution in [2.24, 2.45) is 5.73 Å². The summed E-state index contributed by atoms with van der Waals surface area (Å²) in [6.07, 6.45) is 3.82. The van der Waals surface area contributed by atoms with Crippen molar-refractivity contribution in [3.8, 4) is 11.1 Å². The van der Waals surface area contributed by atoms with Crippen LogP contribution in [0.2, 0.25) is 0 Å². The van der Waals surface area contributed by atoms with E-state index in [1.165, 1.54) is 12.1 Å². The van der Waals surface area contributed by atoms with Crippen molar-refractivity contribution in [2.75, 3.05) is 5.32 Å². The summed E-state index contributed by atoms with van der Waals surface area (Å²) < 4.78 is 12.9. The minimum absolute atomic E-state index is 0.277. The molecule has 0 aliphatic heterocycles. The summed E-state index contributed by atoms with van der Waals surface area (Å²) in [5.74, 6) is -0.586. The van der Waals surface area contributed by atoms with E-state index in [4.69, 9.17) is 5.73 Å². The fourth-order valence-electron chi connectivity index (χ4n) is 2.49. The summed E-state index contributed by atoms with van der Waals surface area (Å²) in [6.45, 7) is 0. The number of hydrogen-bond donors (Lipinski definition) is 2. The average Bonchev–Trinajstić information content (AvgIpc) is 2.65. The Balaban J connectivity index is 1.61. The van der Waals surface area contributed by atoms with Crippen molar-refractivity contribution >= 4 is 11.6 Å². The highest BCUT2D eigenvalue weighted by Gasteiger charge is 2.14. The fraction of sp³-hybridized carbons (Fsp3) is 0.100. The van der Waals surface area contributed by atoms with Gasteiger partial charge in [-0.3, -0.25) is 9.78 Å². The lowest BCUT2D eigenvalue weighted by Gasteiger charge is -2.13. The number of aromatic nitrogens is 1. The van der Waals surface area contributed by atoms with Gasteiger partial charge in [-0.15, -0.1) is 0 Å². The third kappa shape index (κ3) is 4.49. The van der Waals surface area contributed by atoms with Gasteiger partial charge < -0.3 is 11.1 Å². The SMILES string of the molecule is N[C@@H](Cc1ccc(F)cc1)C(=O)Nc1ccc(-c2ccncc2)cc1. The zero-order valence-electron chi connectivity index (χ0n) is 13.5. The van der Waals surface area contributed by atoms with Gasteiger partial charge >= 0.3 is 0 Å². The van der Waals surface area contributed by atoms with Crippen LogP contribution in [-0.2, 0) is 11.2 Å². The lowest BCUT2D eigenvalue weighted by molar-refractivity contribution is -0.117. The number of carbonyl (C=O) groups excluding carboxylic acids is 1. The molecule has 1 heterocycles. The second-order valence-corrected chi connectivity index (χ2v) is 5.74. The molecule has 5 heteroatoms. The van der Waals surface area contributed by atoms with Crippen LogP contribution < -0.4 is 11.1 Å². The number of pyridine rings is 1. The molecule has 1 aromatic heterocycles. The van der Waals surface area contributed by atoms with Gasteiger partial charge in [-0.1, -0.05) is 24.3 Å². The first-order chi connectivity index (χ1) is 12.1. The molecule has 0 aliphatic rings. The normalized spacial score (nSPS) is 11.8. The van der Waals surface area contributed by atoms with E-state index in [9.17, 15) is 9.18 Å². The largest absolute Gasteiger partial charge is 0.325 e. The predicted octanol–water partition coefficient (Wildman–Crippen LogP) is 3.40. The molecule has 0 radical (unpaired) electrons. The van der Waals surface area contributed by atoms with E-state index in [0.29, 0.717) is 12.1 Å². The van der Waals surface area contributed by atoms with Crippen molar-refractivity contribution in [1.82, 2.24) is 4.98 Å². The van der Waals surface area contributed by atoms with Crippen LogP contribution in [0, 0.1) is 5.82 Å². The maximum Gasteiger partial charge on any atom is 0.241 e. The van der Waals surface area contributed by atoms with E-state index in [0.717, 1.165) is 16.7 Å². The summed E-state index contributed by atoms with van der Waals surface area (Å²) in [7, 11) is 0. The van der Waals surface area contributed by atoms with Crippen LogP contribution in [0.15, 0.2) is 73.1 Å². The zero-order chi connectivity index (χ0) is 17.6. The highest BCUT2D eigenvalue weighted by atomic mass is 19.1. The first-order valence-electron chi connectivity index (χ1n) is 7.93. The minimum atomic E-state index is -0.703. The monoisotopic (exact) mass is 335 g/mol. The van der Waals surface area contributed by atoms with Crippen LogP contribution in [0.5, 0.6) is 0 Å². The van der Waals surface area contributed by atoms with Crippen molar-refractivity contribution in [1.29, 1.82) is 0 Å². The Labute approximate surface area is 145 Å². The maximum absolute atomic E-state index is 12.9. The molecular weight excluding hydrogens is 317 g/mol. The summed E-state index contributed by atoms with van der Waals surface area (Å²) in [5.41, 5.74) is 9.53. The third-order valence-electron chi connectivity index (χ3n) is 3.87. The number of hydrogen-bond acceptors (Lipinski definition) is 3. The molecule has 25 heavy (non-hydrogen) atoms. The number of rotatable bonds is 5. The highest BCUT2D eigenvalue weighted by Crippen LogP contribution is 2.20. The molecule has 0 saturated heterocycles. The van der Waals surface area contributed by atoms with Crippen LogP contribution in [0.1, 0.15) is 5.56 Å². The van der Waals surface area contributed by atoms with Crippen LogP contribution in [0.3, 0.4) is 0 Å². The Kier molecular flexibility index (Phi) is 5.16. The summed E-state index contributed by atoms with van der Waals surface area (Å²) in [5, 5.41) is 2.80. The van der Waals surface area contributed by atoms with Gasteiger partial charge in [0.25, 0.3) is 0 Å². The molecule has 0 spiro atoms. The van der Waals surface area contributed by atoms with Crippen molar-refractivity contribution in [2.45, 2.75) is 12.5 Å². The molecule has 126 valence electrons. The van der Waals surface area contributed by atoms with Gasteiger partial charge in [0.15, 0.2) is 0 Å². The first kappa shape index (κ1) is 16.8. The molecule has 2 aromatic carbocycles. The Hall–Kier alpha value is -3.05. The smallest absolute Gasteiger partial charge is 0.241 e. The molecule has 0 saturated carbocycles. The Morgan fingerprint density at radius 3 is 2.20 bits per heavy atom. The van der Waals surface area contributed by atoms with Gasteiger partial charge in [0.05, 0.1) is 6.04 Å². The molecule has 0 fully saturated rings. The van der Waals surface area contributed by atoms with E-state index >= 15 is 0 Å². The number of carbonyl (C=O) groups is 1. The highest BCUT2D eigenvalue weighted by molar-refractivity contribution is 5.95. The molecular formula is C20H18FN3O. The molecule has 3 rings (SSSR count). The zero-order valence-corrected chi connectivity index (χ0v) is 13.5. The van der Waals surface area contributed by atoms with Crippen LogP contribution in [0.4, 0.5) is 10.1 Å².